The van der Waals surface area contributed by atoms with E-state index >= 15 is 0 Å². The molecule has 0 saturated heterocycles. The summed E-state index contributed by atoms with van der Waals surface area (Å²) in [5.41, 5.74) is 0.644. The van der Waals surface area contributed by atoms with Crippen LogP contribution in [-0.4, -0.2) is 28.4 Å². The first-order chi connectivity index (χ1) is 7.56. The average Bonchev–Trinajstić information content (AvgIpc) is 2.25. The maximum absolute atomic E-state index is 12.2. The predicted molar refractivity (Wildman–Crippen MR) is 68.4 cm³/mol. The fraction of sp³-hybridized carbons (Fsp3) is 0.500. The predicted octanol–water partition coefficient (Wildman–Crippen LogP) is 3.10. The Bertz CT molecular complexity index is 349. The molecule has 0 fully saturated rings. The fourth-order valence-electron chi connectivity index (χ4n) is 1.50. The van der Waals surface area contributed by atoms with E-state index in [0.29, 0.717) is 5.56 Å². The van der Waals surface area contributed by atoms with E-state index in [1.807, 2.05) is 18.7 Å². The SMILES string of the molecule is CCCN(C(=O)c1ccc(Br)nc1)C(C)C. The monoisotopic (exact) mass is 284 g/mol. The molecule has 0 atom stereocenters. The van der Waals surface area contributed by atoms with Crippen LogP contribution in [-0.2, 0) is 0 Å². The van der Waals surface area contributed by atoms with Crippen molar-refractivity contribution in [2.45, 2.75) is 33.2 Å². The van der Waals surface area contributed by atoms with Gasteiger partial charge in [-0.1, -0.05) is 6.92 Å². The lowest BCUT2D eigenvalue weighted by Gasteiger charge is -2.26. The molecule has 0 aliphatic carbocycles. The van der Waals surface area contributed by atoms with E-state index in [1.54, 1.807) is 18.3 Å². The third kappa shape index (κ3) is 3.30. The van der Waals surface area contributed by atoms with Crippen LogP contribution in [0.1, 0.15) is 37.6 Å². The van der Waals surface area contributed by atoms with Gasteiger partial charge in [-0.05, 0) is 48.3 Å². The van der Waals surface area contributed by atoms with Crippen LogP contribution in [0.15, 0.2) is 22.9 Å². The first-order valence-electron chi connectivity index (χ1n) is 5.48. The Morgan fingerprint density at radius 3 is 2.62 bits per heavy atom. The Kier molecular flexibility index (Phi) is 4.93. The summed E-state index contributed by atoms with van der Waals surface area (Å²) in [6, 6.07) is 3.80. The standard InChI is InChI=1S/C12H17BrN2O/c1-4-7-15(9(2)3)12(16)10-5-6-11(13)14-8-10/h5-6,8-9H,4,7H2,1-3H3. The highest BCUT2D eigenvalue weighted by Gasteiger charge is 2.17. The summed E-state index contributed by atoms with van der Waals surface area (Å²) >= 11 is 3.26. The van der Waals surface area contributed by atoms with Crippen LogP contribution >= 0.6 is 15.9 Å². The van der Waals surface area contributed by atoms with Crippen molar-refractivity contribution in [2.24, 2.45) is 0 Å². The highest BCUT2D eigenvalue weighted by molar-refractivity contribution is 9.10. The highest BCUT2D eigenvalue weighted by atomic mass is 79.9. The van der Waals surface area contributed by atoms with Gasteiger partial charge in [0, 0.05) is 18.8 Å². The van der Waals surface area contributed by atoms with Gasteiger partial charge < -0.3 is 4.90 Å². The molecule has 0 N–H and O–H groups in total. The number of aromatic nitrogens is 1. The molecule has 0 bridgehead atoms. The molecule has 0 aliphatic heterocycles. The van der Waals surface area contributed by atoms with E-state index in [2.05, 4.69) is 27.8 Å². The molecule has 1 aromatic heterocycles. The second-order valence-electron chi connectivity index (χ2n) is 3.96. The summed E-state index contributed by atoms with van der Waals surface area (Å²) in [4.78, 5) is 18.1. The number of hydrogen-bond acceptors (Lipinski definition) is 2. The molecule has 0 unspecified atom stereocenters. The molecule has 88 valence electrons. The smallest absolute Gasteiger partial charge is 0.255 e. The summed E-state index contributed by atoms with van der Waals surface area (Å²) in [5, 5.41) is 0. The van der Waals surface area contributed by atoms with Crippen LogP contribution in [0, 0.1) is 0 Å². The number of pyridine rings is 1. The van der Waals surface area contributed by atoms with Crippen molar-refractivity contribution in [3.63, 3.8) is 0 Å². The third-order valence-electron chi connectivity index (χ3n) is 2.32. The van der Waals surface area contributed by atoms with Crippen LogP contribution in [0.2, 0.25) is 0 Å². The number of hydrogen-bond donors (Lipinski definition) is 0. The van der Waals surface area contributed by atoms with E-state index in [-0.39, 0.29) is 11.9 Å². The topological polar surface area (TPSA) is 33.2 Å². The second kappa shape index (κ2) is 5.99. The van der Waals surface area contributed by atoms with Gasteiger partial charge >= 0.3 is 0 Å². The van der Waals surface area contributed by atoms with Crippen molar-refractivity contribution >= 4 is 21.8 Å². The summed E-state index contributed by atoms with van der Waals surface area (Å²) in [7, 11) is 0. The average molecular weight is 285 g/mol. The minimum absolute atomic E-state index is 0.0526. The van der Waals surface area contributed by atoms with Crippen molar-refractivity contribution in [3.8, 4) is 0 Å². The molecule has 3 nitrogen and oxygen atoms in total. The van der Waals surface area contributed by atoms with Gasteiger partial charge in [0.1, 0.15) is 4.60 Å². The lowest BCUT2D eigenvalue weighted by Crippen LogP contribution is -2.37. The molecule has 1 aromatic rings. The van der Waals surface area contributed by atoms with Crippen molar-refractivity contribution < 1.29 is 4.79 Å². The summed E-state index contributed by atoms with van der Waals surface area (Å²) < 4.78 is 0.746. The van der Waals surface area contributed by atoms with Crippen LogP contribution in [0.4, 0.5) is 0 Å². The zero-order chi connectivity index (χ0) is 12.1. The highest BCUT2D eigenvalue weighted by Crippen LogP contribution is 2.11. The van der Waals surface area contributed by atoms with E-state index in [4.69, 9.17) is 0 Å². The van der Waals surface area contributed by atoms with Crippen LogP contribution < -0.4 is 0 Å². The lowest BCUT2D eigenvalue weighted by molar-refractivity contribution is 0.0705. The number of carbonyl (C=O) groups excluding carboxylic acids is 1. The molecule has 0 radical (unpaired) electrons. The Morgan fingerprint density at radius 2 is 2.19 bits per heavy atom. The molecular weight excluding hydrogens is 268 g/mol. The molecule has 1 heterocycles. The van der Waals surface area contributed by atoms with Gasteiger partial charge in [0.2, 0.25) is 0 Å². The minimum Gasteiger partial charge on any atom is -0.336 e. The second-order valence-corrected chi connectivity index (χ2v) is 4.77. The zero-order valence-corrected chi connectivity index (χ0v) is 11.5. The minimum atomic E-state index is 0.0526. The van der Waals surface area contributed by atoms with Gasteiger partial charge in [-0.2, -0.15) is 0 Å². The Hall–Kier alpha value is -0.900. The largest absolute Gasteiger partial charge is 0.336 e. The molecule has 1 rings (SSSR count). The lowest BCUT2D eigenvalue weighted by atomic mass is 10.2. The number of halogens is 1. The van der Waals surface area contributed by atoms with Crippen molar-refractivity contribution in [1.82, 2.24) is 9.88 Å². The van der Waals surface area contributed by atoms with Crippen molar-refractivity contribution in [2.75, 3.05) is 6.54 Å². The number of nitrogens with zero attached hydrogens (tertiary/aromatic N) is 2. The zero-order valence-electron chi connectivity index (χ0n) is 9.90. The van der Waals surface area contributed by atoms with Crippen LogP contribution in [0.3, 0.4) is 0 Å². The van der Waals surface area contributed by atoms with Gasteiger partial charge in [-0.15, -0.1) is 0 Å². The Labute approximate surface area is 105 Å². The van der Waals surface area contributed by atoms with Gasteiger partial charge in [-0.3, -0.25) is 4.79 Å². The maximum Gasteiger partial charge on any atom is 0.255 e. The van der Waals surface area contributed by atoms with Gasteiger partial charge in [0.15, 0.2) is 0 Å². The van der Waals surface area contributed by atoms with Gasteiger partial charge in [0.05, 0.1) is 5.56 Å². The van der Waals surface area contributed by atoms with Gasteiger partial charge in [-0.25, -0.2) is 4.98 Å². The molecule has 0 aromatic carbocycles. The van der Waals surface area contributed by atoms with Gasteiger partial charge in [0.25, 0.3) is 5.91 Å². The summed E-state index contributed by atoms with van der Waals surface area (Å²) in [6.45, 7) is 6.91. The van der Waals surface area contributed by atoms with E-state index in [1.165, 1.54) is 0 Å². The summed E-state index contributed by atoms with van der Waals surface area (Å²) in [6.07, 6.45) is 2.57. The van der Waals surface area contributed by atoms with E-state index in [9.17, 15) is 4.79 Å². The van der Waals surface area contributed by atoms with E-state index < -0.39 is 0 Å². The molecule has 0 saturated carbocycles. The molecule has 4 heteroatoms. The van der Waals surface area contributed by atoms with Crippen LogP contribution in [0.5, 0.6) is 0 Å². The number of carbonyl (C=O) groups is 1. The quantitative estimate of drug-likeness (QED) is 0.796. The molecule has 0 spiro atoms. The first-order valence-corrected chi connectivity index (χ1v) is 6.28. The summed E-state index contributed by atoms with van der Waals surface area (Å²) in [5.74, 6) is 0.0526. The molecule has 0 aliphatic rings. The Balaban J connectivity index is 2.86. The molecular formula is C12H17BrN2O. The normalized spacial score (nSPS) is 10.6. The number of rotatable bonds is 4. The molecule has 1 amide bonds. The number of amides is 1. The van der Waals surface area contributed by atoms with E-state index in [0.717, 1.165) is 17.6 Å². The molecule has 16 heavy (non-hydrogen) atoms. The third-order valence-corrected chi connectivity index (χ3v) is 2.79. The van der Waals surface area contributed by atoms with Crippen molar-refractivity contribution in [1.29, 1.82) is 0 Å². The van der Waals surface area contributed by atoms with Crippen LogP contribution in [0.25, 0.3) is 0 Å². The Morgan fingerprint density at radius 1 is 1.50 bits per heavy atom. The fourth-order valence-corrected chi connectivity index (χ4v) is 1.74. The first kappa shape index (κ1) is 13.2. The van der Waals surface area contributed by atoms with Crippen molar-refractivity contribution in [3.05, 3.63) is 28.5 Å². The maximum atomic E-state index is 12.2.